The highest BCUT2D eigenvalue weighted by molar-refractivity contribution is 4.99. The third kappa shape index (κ3) is 1.80. The van der Waals surface area contributed by atoms with Crippen LogP contribution in [0.2, 0.25) is 0 Å². The summed E-state index contributed by atoms with van der Waals surface area (Å²) in [6.45, 7) is 3.81. The van der Waals surface area contributed by atoms with Gasteiger partial charge in [0.2, 0.25) is 0 Å². The number of aromatic nitrogens is 2. The molecule has 1 aromatic heterocycles. The number of H-pyrrole nitrogens is 1. The van der Waals surface area contributed by atoms with Crippen molar-refractivity contribution in [3.63, 3.8) is 0 Å². The van der Waals surface area contributed by atoms with E-state index in [1.807, 2.05) is 6.92 Å². The number of nitrogens with one attached hydrogen (secondary N) is 1. The second-order valence-corrected chi connectivity index (χ2v) is 2.96. The van der Waals surface area contributed by atoms with Gasteiger partial charge < -0.3 is 10.1 Å². The number of hydrogen-bond acceptors (Lipinski definition) is 2. The molecule has 1 atom stereocenters. The zero-order valence-electron chi connectivity index (χ0n) is 6.96. The van der Waals surface area contributed by atoms with Crippen molar-refractivity contribution in [2.75, 3.05) is 0 Å². The van der Waals surface area contributed by atoms with Crippen LogP contribution in [0.1, 0.15) is 32.5 Å². The van der Waals surface area contributed by atoms with E-state index in [-0.39, 0.29) is 0 Å². The maximum absolute atomic E-state index is 9.78. The molecule has 0 amide bonds. The molecule has 1 rings (SSSR count). The Hall–Kier alpha value is -0.830. The summed E-state index contributed by atoms with van der Waals surface area (Å²) in [5.74, 6) is 0.652. The van der Waals surface area contributed by atoms with E-state index in [4.69, 9.17) is 0 Å². The Kier molecular flexibility index (Phi) is 2.29. The monoisotopic (exact) mass is 154 g/mol. The predicted octanol–water partition coefficient (Wildman–Crippen LogP) is 1.42. The lowest BCUT2D eigenvalue weighted by atomic mass is 10.0. The van der Waals surface area contributed by atoms with E-state index in [1.165, 1.54) is 0 Å². The maximum atomic E-state index is 9.78. The van der Waals surface area contributed by atoms with Gasteiger partial charge in [-0.25, -0.2) is 4.98 Å². The molecule has 0 aliphatic carbocycles. The summed E-state index contributed by atoms with van der Waals surface area (Å²) in [6, 6.07) is 0. The van der Waals surface area contributed by atoms with E-state index in [0.717, 1.165) is 12.8 Å². The van der Waals surface area contributed by atoms with E-state index < -0.39 is 5.60 Å². The highest BCUT2D eigenvalue weighted by Crippen LogP contribution is 2.21. The molecule has 0 spiro atoms. The molecule has 0 saturated heterocycles. The predicted molar refractivity (Wildman–Crippen MR) is 43.1 cm³/mol. The maximum Gasteiger partial charge on any atom is 0.137 e. The molecule has 11 heavy (non-hydrogen) atoms. The molecule has 1 heterocycles. The number of rotatable bonds is 3. The van der Waals surface area contributed by atoms with Crippen molar-refractivity contribution in [3.05, 3.63) is 18.2 Å². The molecule has 1 aromatic rings. The van der Waals surface area contributed by atoms with Crippen LogP contribution in [0.3, 0.4) is 0 Å². The lowest BCUT2D eigenvalue weighted by Gasteiger charge is -2.19. The highest BCUT2D eigenvalue weighted by Gasteiger charge is 2.23. The largest absolute Gasteiger partial charge is 0.382 e. The minimum atomic E-state index is -0.793. The topological polar surface area (TPSA) is 48.9 Å². The van der Waals surface area contributed by atoms with E-state index in [9.17, 15) is 5.11 Å². The SMILES string of the molecule is CCC[C@@](C)(O)c1ncc[nH]1. The molecule has 0 aliphatic heterocycles. The van der Waals surface area contributed by atoms with Gasteiger partial charge in [-0.1, -0.05) is 13.3 Å². The van der Waals surface area contributed by atoms with Crippen LogP contribution in [0.15, 0.2) is 12.4 Å². The van der Waals surface area contributed by atoms with Crippen molar-refractivity contribution in [1.82, 2.24) is 9.97 Å². The summed E-state index contributed by atoms with van der Waals surface area (Å²) < 4.78 is 0. The quantitative estimate of drug-likeness (QED) is 0.691. The average molecular weight is 154 g/mol. The Morgan fingerprint density at radius 2 is 2.45 bits per heavy atom. The zero-order valence-corrected chi connectivity index (χ0v) is 6.96. The number of imidazole rings is 1. The molecule has 0 aromatic carbocycles. The van der Waals surface area contributed by atoms with Crippen LogP contribution >= 0.6 is 0 Å². The molecule has 0 aliphatic rings. The molecule has 0 unspecified atom stereocenters. The van der Waals surface area contributed by atoms with Crippen molar-refractivity contribution >= 4 is 0 Å². The second kappa shape index (κ2) is 3.05. The number of hydrogen-bond donors (Lipinski definition) is 2. The molecule has 2 N–H and O–H groups in total. The fraction of sp³-hybridized carbons (Fsp3) is 0.625. The molecular weight excluding hydrogens is 140 g/mol. The lowest BCUT2D eigenvalue weighted by molar-refractivity contribution is 0.0385. The Morgan fingerprint density at radius 3 is 2.91 bits per heavy atom. The first kappa shape index (κ1) is 8.27. The van der Waals surface area contributed by atoms with Gasteiger partial charge in [-0.2, -0.15) is 0 Å². The second-order valence-electron chi connectivity index (χ2n) is 2.96. The highest BCUT2D eigenvalue weighted by atomic mass is 16.3. The Balaban J connectivity index is 2.73. The third-order valence-corrected chi connectivity index (χ3v) is 1.75. The summed E-state index contributed by atoms with van der Waals surface area (Å²) >= 11 is 0. The number of aromatic amines is 1. The zero-order chi connectivity index (χ0) is 8.32. The fourth-order valence-corrected chi connectivity index (χ4v) is 1.17. The van der Waals surface area contributed by atoms with Crippen molar-refractivity contribution in [2.24, 2.45) is 0 Å². The first-order chi connectivity index (χ1) is 5.17. The summed E-state index contributed by atoms with van der Waals surface area (Å²) in [6.07, 6.45) is 5.06. The average Bonchev–Trinajstić information content (AvgIpc) is 2.37. The lowest BCUT2D eigenvalue weighted by Crippen LogP contribution is -2.22. The Labute approximate surface area is 66.5 Å². The fourth-order valence-electron chi connectivity index (χ4n) is 1.17. The standard InChI is InChI=1S/C8H14N2O/c1-3-4-8(2,11)7-9-5-6-10-7/h5-6,11H,3-4H2,1-2H3,(H,9,10)/t8-/m1/s1. The van der Waals surface area contributed by atoms with E-state index in [1.54, 1.807) is 19.3 Å². The summed E-state index contributed by atoms with van der Waals surface area (Å²) in [5, 5.41) is 9.78. The van der Waals surface area contributed by atoms with Crippen LogP contribution in [-0.2, 0) is 5.60 Å². The van der Waals surface area contributed by atoms with Crippen molar-refractivity contribution in [2.45, 2.75) is 32.3 Å². The summed E-state index contributed by atoms with van der Waals surface area (Å²) in [4.78, 5) is 6.90. The van der Waals surface area contributed by atoms with E-state index in [0.29, 0.717) is 5.82 Å². The van der Waals surface area contributed by atoms with Gasteiger partial charge in [-0.05, 0) is 13.3 Å². The van der Waals surface area contributed by atoms with Gasteiger partial charge in [-0.3, -0.25) is 0 Å². The molecule has 0 saturated carbocycles. The van der Waals surface area contributed by atoms with Crippen LogP contribution in [0.25, 0.3) is 0 Å². The van der Waals surface area contributed by atoms with Crippen LogP contribution in [0.4, 0.5) is 0 Å². The van der Waals surface area contributed by atoms with Gasteiger partial charge in [0, 0.05) is 12.4 Å². The van der Waals surface area contributed by atoms with Crippen LogP contribution in [0.5, 0.6) is 0 Å². The number of nitrogens with zero attached hydrogens (tertiary/aromatic N) is 1. The molecule has 3 nitrogen and oxygen atoms in total. The molecule has 0 bridgehead atoms. The van der Waals surface area contributed by atoms with Crippen LogP contribution in [-0.4, -0.2) is 15.1 Å². The summed E-state index contributed by atoms with van der Waals surface area (Å²) in [5.41, 5.74) is -0.793. The normalized spacial score (nSPS) is 16.3. The Bertz CT molecular complexity index is 204. The van der Waals surface area contributed by atoms with Crippen molar-refractivity contribution in [1.29, 1.82) is 0 Å². The Morgan fingerprint density at radius 1 is 1.73 bits per heavy atom. The van der Waals surface area contributed by atoms with Crippen molar-refractivity contribution < 1.29 is 5.11 Å². The third-order valence-electron chi connectivity index (χ3n) is 1.75. The molecule has 62 valence electrons. The van der Waals surface area contributed by atoms with Crippen LogP contribution < -0.4 is 0 Å². The van der Waals surface area contributed by atoms with Gasteiger partial charge in [0.1, 0.15) is 11.4 Å². The molecule has 0 fully saturated rings. The van der Waals surface area contributed by atoms with Gasteiger partial charge in [-0.15, -0.1) is 0 Å². The molecule has 0 radical (unpaired) electrons. The first-order valence-corrected chi connectivity index (χ1v) is 3.89. The summed E-state index contributed by atoms with van der Waals surface area (Å²) in [7, 11) is 0. The van der Waals surface area contributed by atoms with Gasteiger partial charge in [0.15, 0.2) is 0 Å². The number of aliphatic hydroxyl groups is 1. The van der Waals surface area contributed by atoms with E-state index >= 15 is 0 Å². The van der Waals surface area contributed by atoms with Gasteiger partial charge in [0.05, 0.1) is 0 Å². The van der Waals surface area contributed by atoms with Gasteiger partial charge in [0.25, 0.3) is 0 Å². The van der Waals surface area contributed by atoms with E-state index in [2.05, 4.69) is 9.97 Å². The van der Waals surface area contributed by atoms with Crippen molar-refractivity contribution in [3.8, 4) is 0 Å². The minimum Gasteiger partial charge on any atom is -0.382 e. The van der Waals surface area contributed by atoms with Crippen LogP contribution in [0, 0.1) is 0 Å². The molecule has 3 heteroatoms. The smallest absolute Gasteiger partial charge is 0.137 e. The molecular formula is C8H14N2O. The minimum absolute atomic E-state index is 0.652. The van der Waals surface area contributed by atoms with Gasteiger partial charge >= 0.3 is 0 Å². The first-order valence-electron chi connectivity index (χ1n) is 3.89.